The van der Waals surface area contributed by atoms with Crippen LogP contribution >= 0.6 is 0 Å². The topological polar surface area (TPSA) is 106 Å². The molecule has 174 valence electrons. The highest BCUT2D eigenvalue weighted by Crippen LogP contribution is 2.25. The van der Waals surface area contributed by atoms with Gasteiger partial charge in [-0.25, -0.2) is 9.97 Å². The molecule has 0 unspecified atom stereocenters. The summed E-state index contributed by atoms with van der Waals surface area (Å²) in [5, 5.41) is -0.114. The zero-order chi connectivity index (χ0) is 24.0. The van der Waals surface area contributed by atoms with Crippen molar-refractivity contribution in [1.82, 2.24) is 19.9 Å². The van der Waals surface area contributed by atoms with Gasteiger partial charge in [-0.15, -0.1) is 0 Å². The van der Waals surface area contributed by atoms with Crippen molar-refractivity contribution < 1.29 is 17.9 Å². The van der Waals surface area contributed by atoms with Crippen LogP contribution in [0, 0.1) is 13.8 Å². The molecule has 0 spiro atoms. The van der Waals surface area contributed by atoms with E-state index < -0.39 is 16.6 Å². The lowest BCUT2D eigenvalue weighted by molar-refractivity contribution is -0.130. The predicted molar refractivity (Wildman–Crippen MR) is 124 cm³/mol. The van der Waals surface area contributed by atoms with Gasteiger partial charge in [0, 0.05) is 24.5 Å². The zero-order valence-corrected chi connectivity index (χ0v) is 19.9. The van der Waals surface area contributed by atoms with Gasteiger partial charge in [-0.05, 0) is 50.6 Å². The van der Waals surface area contributed by atoms with E-state index in [-0.39, 0.29) is 23.2 Å². The summed E-state index contributed by atoms with van der Waals surface area (Å²) in [5.74, 6) is -0.0362. The van der Waals surface area contributed by atoms with E-state index in [0.717, 1.165) is 15.7 Å². The molecular formula is C23H27N5O4S. The van der Waals surface area contributed by atoms with Crippen molar-refractivity contribution in [3.8, 4) is 5.88 Å². The summed E-state index contributed by atoms with van der Waals surface area (Å²) in [7, 11) is -2.67. The first kappa shape index (κ1) is 24.1. The molecule has 3 heterocycles. The first-order valence-electron chi connectivity index (χ1n) is 10.4. The molecule has 1 amide bonds. The molecule has 3 rings (SSSR count). The summed E-state index contributed by atoms with van der Waals surface area (Å²) in [6.45, 7) is 5.63. The third kappa shape index (κ3) is 5.64. The second-order valence-corrected chi connectivity index (χ2v) is 9.15. The molecule has 0 N–H and O–H groups in total. The van der Waals surface area contributed by atoms with Crippen molar-refractivity contribution in [2.24, 2.45) is 0 Å². The summed E-state index contributed by atoms with van der Waals surface area (Å²) in [4.78, 5) is 27.5. The van der Waals surface area contributed by atoms with Gasteiger partial charge in [0.05, 0.1) is 31.2 Å². The minimum Gasteiger partial charge on any atom is -0.481 e. The van der Waals surface area contributed by atoms with Crippen molar-refractivity contribution in [1.29, 1.82) is 0 Å². The fourth-order valence-electron chi connectivity index (χ4n) is 3.28. The van der Waals surface area contributed by atoms with Crippen LogP contribution in [0.15, 0.2) is 59.9 Å². The summed E-state index contributed by atoms with van der Waals surface area (Å²) in [6, 6.07) is 12.0. The van der Waals surface area contributed by atoms with Gasteiger partial charge in [-0.2, -0.15) is 8.42 Å². The lowest BCUT2D eigenvalue weighted by atomic mass is 10.3. The molecule has 0 aromatic carbocycles. The number of likely N-dealkylation sites (N-methyl/N-ethyl adjacent to an activating group) is 1. The van der Waals surface area contributed by atoms with Crippen LogP contribution < -0.4 is 9.04 Å². The quantitative estimate of drug-likeness (QED) is 0.474. The van der Waals surface area contributed by atoms with Crippen LogP contribution in [-0.2, 0) is 21.4 Å². The fraction of sp³-hybridized carbons (Fsp3) is 0.304. The van der Waals surface area contributed by atoms with E-state index in [0.29, 0.717) is 18.0 Å². The number of aromatic nitrogens is 3. The van der Waals surface area contributed by atoms with E-state index in [2.05, 4.69) is 15.0 Å². The molecule has 0 saturated heterocycles. The lowest BCUT2D eigenvalue weighted by Crippen LogP contribution is -2.43. The highest BCUT2D eigenvalue weighted by Gasteiger charge is 2.31. The van der Waals surface area contributed by atoms with Crippen LogP contribution in [-0.4, -0.2) is 54.4 Å². The van der Waals surface area contributed by atoms with Gasteiger partial charge < -0.3 is 9.64 Å². The molecule has 10 heteroatoms. The number of rotatable bonds is 9. The molecule has 0 aliphatic heterocycles. The third-order valence-electron chi connectivity index (χ3n) is 5.03. The van der Waals surface area contributed by atoms with E-state index in [1.54, 1.807) is 36.1 Å². The van der Waals surface area contributed by atoms with Crippen LogP contribution in [0.25, 0.3) is 0 Å². The fourth-order valence-corrected chi connectivity index (χ4v) is 4.83. The van der Waals surface area contributed by atoms with E-state index >= 15 is 0 Å². The Morgan fingerprint density at radius 2 is 1.85 bits per heavy atom. The van der Waals surface area contributed by atoms with Gasteiger partial charge in [-0.3, -0.25) is 14.1 Å². The van der Waals surface area contributed by atoms with Gasteiger partial charge in [0.1, 0.15) is 6.54 Å². The molecule has 3 aromatic rings. The van der Waals surface area contributed by atoms with Crippen molar-refractivity contribution in [3.05, 3.63) is 71.8 Å². The zero-order valence-electron chi connectivity index (χ0n) is 19.1. The molecule has 3 aromatic heterocycles. The maximum absolute atomic E-state index is 13.6. The molecule has 0 aliphatic rings. The van der Waals surface area contributed by atoms with Crippen molar-refractivity contribution in [2.45, 2.75) is 32.3 Å². The van der Waals surface area contributed by atoms with Crippen LogP contribution in [0.4, 0.5) is 5.69 Å². The number of nitrogens with zero attached hydrogens (tertiary/aromatic N) is 5. The third-order valence-corrected chi connectivity index (χ3v) is 6.86. The average Bonchev–Trinajstić information content (AvgIpc) is 2.81. The minimum absolute atomic E-state index is 0.114. The number of hydrogen-bond acceptors (Lipinski definition) is 7. The lowest BCUT2D eigenvalue weighted by Gasteiger charge is -2.27. The Labute approximate surface area is 194 Å². The van der Waals surface area contributed by atoms with E-state index in [9.17, 15) is 13.2 Å². The number of ether oxygens (including phenoxy) is 1. The molecule has 0 fully saturated rings. The number of carbonyl (C=O) groups is 1. The number of amides is 1. The Hall–Kier alpha value is -3.53. The first-order valence-corrected chi connectivity index (χ1v) is 11.8. The monoisotopic (exact) mass is 469 g/mol. The van der Waals surface area contributed by atoms with Gasteiger partial charge >= 0.3 is 0 Å². The SMILES string of the molecule is CCN(Cc1cccc(C)n1)C(=O)CN(c1ccc(OC)nc1)S(=O)(=O)c1ncccc1C. The van der Waals surface area contributed by atoms with Crippen LogP contribution in [0.3, 0.4) is 0 Å². The largest absolute Gasteiger partial charge is 0.481 e. The molecule has 0 aliphatic carbocycles. The second-order valence-electron chi connectivity index (χ2n) is 7.37. The van der Waals surface area contributed by atoms with E-state index in [1.165, 1.54) is 19.5 Å². The van der Waals surface area contributed by atoms with E-state index in [4.69, 9.17) is 4.74 Å². The predicted octanol–water partition coefficient (Wildman–Crippen LogP) is 2.74. The van der Waals surface area contributed by atoms with Gasteiger partial charge in [0.25, 0.3) is 10.0 Å². The number of anilines is 1. The maximum atomic E-state index is 13.6. The van der Waals surface area contributed by atoms with Crippen molar-refractivity contribution in [3.63, 3.8) is 0 Å². The average molecular weight is 470 g/mol. The number of pyridine rings is 3. The number of sulfonamides is 1. The standard InChI is InChI=1S/C23H27N5O4S/c1-5-27(15-19-10-6-9-18(3)26-19)22(29)16-28(20-11-12-21(32-4)25-14-20)33(30,31)23-17(2)8-7-13-24-23/h6-14H,5,15-16H2,1-4H3. The Balaban J connectivity index is 1.96. The summed E-state index contributed by atoms with van der Waals surface area (Å²) in [6.07, 6.45) is 2.77. The number of aryl methyl sites for hydroxylation is 2. The minimum atomic E-state index is -4.14. The summed E-state index contributed by atoms with van der Waals surface area (Å²) in [5.41, 5.74) is 2.29. The van der Waals surface area contributed by atoms with Crippen molar-refractivity contribution in [2.75, 3.05) is 24.5 Å². The van der Waals surface area contributed by atoms with E-state index in [1.807, 2.05) is 32.0 Å². The van der Waals surface area contributed by atoms with Crippen LogP contribution in [0.1, 0.15) is 23.9 Å². The van der Waals surface area contributed by atoms with Crippen LogP contribution in [0.2, 0.25) is 0 Å². The van der Waals surface area contributed by atoms with Crippen molar-refractivity contribution >= 4 is 21.6 Å². The van der Waals surface area contributed by atoms with Gasteiger partial charge in [0.2, 0.25) is 11.8 Å². The highest BCUT2D eigenvalue weighted by atomic mass is 32.2. The summed E-state index contributed by atoms with van der Waals surface area (Å²) < 4.78 is 33.3. The molecule has 0 radical (unpaired) electrons. The Morgan fingerprint density at radius 3 is 2.45 bits per heavy atom. The maximum Gasteiger partial charge on any atom is 0.282 e. The number of carbonyl (C=O) groups excluding carboxylic acids is 1. The summed E-state index contributed by atoms with van der Waals surface area (Å²) >= 11 is 0. The Bertz CT molecular complexity index is 1220. The molecular weight excluding hydrogens is 442 g/mol. The molecule has 0 saturated carbocycles. The molecule has 0 bridgehead atoms. The molecule has 9 nitrogen and oxygen atoms in total. The van der Waals surface area contributed by atoms with Gasteiger partial charge in [-0.1, -0.05) is 12.1 Å². The normalized spacial score (nSPS) is 11.2. The van der Waals surface area contributed by atoms with Gasteiger partial charge in [0.15, 0.2) is 5.03 Å². The molecule has 33 heavy (non-hydrogen) atoms. The Kier molecular flexibility index (Phi) is 7.59. The highest BCUT2D eigenvalue weighted by molar-refractivity contribution is 7.92. The van der Waals surface area contributed by atoms with Crippen LogP contribution in [0.5, 0.6) is 5.88 Å². The number of methoxy groups -OCH3 is 1. The number of hydrogen-bond donors (Lipinski definition) is 0. The smallest absolute Gasteiger partial charge is 0.282 e. The second kappa shape index (κ2) is 10.4. The molecule has 0 atom stereocenters. The first-order chi connectivity index (χ1) is 15.8. The Morgan fingerprint density at radius 1 is 1.06 bits per heavy atom.